The zero-order valence-electron chi connectivity index (χ0n) is 15.0. The van der Waals surface area contributed by atoms with Gasteiger partial charge < -0.3 is 9.64 Å². The molecule has 0 fully saturated rings. The number of carbonyl (C=O) groups is 1. The second-order valence-electron chi connectivity index (χ2n) is 6.40. The number of rotatable bonds is 4. The first kappa shape index (κ1) is 18.2. The standard InChI is InChI=1S/C20H21NO4S/c1-14-7-8-17(11-15(14)2)21(18-9-10-26(23,24)13-18)20(22)16-5-4-6-19(12-16)25-3/h4-12,18H,13H2,1-3H3/t18-/m1/s1. The molecule has 1 aliphatic heterocycles. The van der Waals surface area contributed by atoms with Gasteiger partial charge in [0.25, 0.3) is 5.91 Å². The van der Waals surface area contributed by atoms with E-state index in [4.69, 9.17) is 4.74 Å². The van der Waals surface area contributed by atoms with Crippen molar-refractivity contribution < 1.29 is 17.9 Å². The van der Waals surface area contributed by atoms with Crippen LogP contribution in [0, 0.1) is 13.8 Å². The summed E-state index contributed by atoms with van der Waals surface area (Å²) in [5, 5.41) is 1.19. The third-order valence-corrected chi connectivity index (χ3v) is 5.92. The summed E-state index contributed by atoms with van der Waals surface area (Å²) in [6.07, 6.45) is 1.57. The molecule has 0 N–H and O–H groups in total. The number of aryl methyl sites for hydroxylation is 2. The Bertz CT molecular complexity index is 979. The van der Waals surface area contributed by atoms with Crippen LogP contribution in [0.3, 0.4) is 0 Å². The molecule has 0 saturated heterocycles. The zero-order valence-corrected chi connectivity index (χ0v) is 15.8. The maximum Gasteiger partial charge on any atom is 0.258 e. The van der Waals surface area contributed by atoms with Gasteiger partial charge in [-0.15, -0.1) is 0 Å². The Kier molecular flexibility index (Phi) is 4.87. The van der Waals surface area contributed by atoms with Crippen LogP contribution in [0.1, 0.15) is 21.5 Å². The molecule has 0 bridgehead atoms. The van der Waals surface area contributed by atoms with Crippen molar-refractivity contribution in [3.8, 4) is 5.75 Å². The van der Waals surface area contributed by atoms with Gasteiger partial charge in [0.1, 0.15) is 5.75 Å². The molecule has 5 nitrogen and oxygen atoms in total. The minimum atomic E-state index is -3.29. The van der Waals surface area contributed by atoms with Crippen LogP contribution in [0.5, 0.6) is 5.75 Å². The summed E-state index contributed by atoms with van der Waals surface area (Å²) >= 11 is 0. The predicted octanol–water partition coefficient (Wildman–Crippen LogP) is 3.27. The highest BCUT2D eigenvalue weighted by atomic mass is 32.2. The monoisotopic (exact) mass is 371 g/mol. The molecule has 3 rings (SSSR count). The Morgan fingerprint density at radius 2 is 1.88 bits per heavy atom. The van der Waals surface area contributed by atoms with E-state index in [-0.39, 0.29) is 11.7 Å². The Morgan fingerprint density at radius 1 is 1.12 bits per heavy atom. The molecule has 0 saturated carbocycles. The molecule has 0 unspecified atom stereocenters. The number of ether oxygens (including phenoxy) is 1. The largest absolute Gasteiger partial charge is 0.497 e. The van der Waals surface area contributed by atoms with Crippen molar-refractivity contribution in [1.82, 2.24) is 0 Å². The lowest BCUT2D eigenvalue weighted by Crippen LogP contribution is -2.41. The van der Waals surface area contributed by atoms with Gasteiger partial charge in [0, 0.05) is 16.7 Å². The lowest BCUT2D eigenvalue weighted by molar-refractivity contribution is 0.0983. The Balaban J connectivity index is 2.06. The molecule has 0 radical (unpaired) electrons. The number of sulfone groups is 1. The zero-order chi connectivity index (χ0) is 18.9. The van der Waals surface area contributed by atoms with Gasteiger partial charge in [-0.2, -0.15) is 0 Å². The maximum atomic E-state index is 13.2. The summed E-state index contributed by atoms with van der Waals surface area (Å²) in [5.41, 5.74) is 3.26. The van der Waals surface area contributed by atoms with Crippen LogP contribution in [0.4, 0.5) is 5.69 Å². The highest BCUT2D eigenvalue weighted by molar-refractivity contribution is 7.94. The van der Waals surface area contributed by atoms with Crippen LogP contribution in [0.25, 0.3) is 0 Å². The number of hydrogen-bond donors (Lipinski definition) is 0. The van der Waals surface area contributed by atoms with E-state index in [1.165, 1.54) is 12.5 Å². The second-order valence-corrected chi connectivity index (χ2v) is 8.33. The molecule has 136 valence electrons. The first-order valence-corrected chi connectivity index (χ1v) is 9.98. The van der Waals surface area contributed by atoms with E-state index in [9.17, 15) is 13.2 Å². The normalized spacial score (nSPS) is 17.9. The Labute approximate surface area is 153 Å². The van der Waals surface area contributed by atoms with E-state index in [1.54, 1.807) is 35.2 Å². The molecule has 6 heteroatoms. The van der Waals surface area contributed by atoms with Crippen molar-refractivity contribution in [2.45, 2.75) is 19.9 Å². The number of carbonyl (C=O) groups excluding carboxylic acids is 1. The summed E-state index contributed by atoms with van der Waals surface area (Å²) in [6, 6.07) is 12.0. The summed E-state index contributed by atoms with van der Waals surface area (Å²) in [7, 11) is -1.76. The fourth-order valence-electron chi connectivity index (χ4n) is 2.95. The van der Waals surface area contributed by atoms with Crippen molar-refractivity contribution in [2.24, 2.45) is 0 Å². The summed E-state index contributed by atoms with van der Waals surface area (Å²) in [5.74, 6) is 0.194. The molecule has 1 atom stereocenters. The van der Waals surface area contributed by atoms with Gasteiger partial charge in [-0.05, 0) is 61.4 Å². The van der Waals surface area contributed by atoms with Crippen LogP contribution < -0.4 is 9.64 Å². The number of nitrogens with zero attached hydrogens (tertiary/aromatic N) is 1. The van der Waals surface area contributed by atoms with Gasteiger partial charge >= 0.3 is 0 Å². The van der Waals surface area contributed by atoms with E-state index in [0.29, 0.717) is 17.0 Å². The molecule has 2 aromatic rings. The second kappa shape index (κ2) is 6.96. The van der Waals surface area contributed by atoms with Gasteiger partial charge in [-0.25, -0.2) is 8.42 Å². The maximum absolute atomic E-state index is 13.2. The van der Waals surface area contributed by atoms with Gasteiger partial charge in [0.15, 0.2) is 9.84 Å². The molecule has 1 aliphatic rings. The van der Waals surface area contributed by atoms with Crippen LogP contribution >= 0.6 is 0 Å². The van der Waals surface area contributed by atoms with E-state index >= 15 is 0 Å². The quantitative estimate of drug-likeness (QED) is 0.827. The number of anilines is 1. The highest BCUT2D eigenvalue weighted by Gasteiger charge is 2.32. The number of amides is 1. The number of benzene rings is 2. The average Bonchev–Trinajstić information content (AvgIpc) is 2.97. The Hall–Kier alpha value is -2.60. The van der Waals surface area contributed by atoms with E-state index < -0.39 is 15.9 Å². The fourth-order valence-corrected chi connectivity index (χ4v) is 4.22. The molecule has 0 aromatic heterocycles. The summed E-state index contributed by atoms with van der Waals surface area (Å²) in [6.45, 7) is 3.96. The molecule has 1 amide bonds. The lowest BCUT2D eigenvalue weighted by Gasteiger charge is -2.28. The molecule has 0 spiro atoms. The van der Waals surface area contributed by atoms with Crippen molar-refractivity contribution in [3.63, 3.8) is 0 Å². The molecule has 26 heavy (non-hydrogen) atoms. The Morgan fingerprint density at radius 3 is 2.50 bits per heavy atom. The van der Waals surface area contributed by atoms with Crippen molar-refractivity contribution >= 4 is 21.4 Å². The minimum Gasteiger partial charge on any atom is -0.497 e. The topological polar surface area (TPSA) is 63.7 Å². The smallest absolute Gasteiger partial charge is 0.258 e. The number of hydrogen-bond acceptors (Lipinski definition) is 4. The van der Waals surface area contributed by atoms with Crippen LogP contribution in [0.15, 0.2) is 53.9 Å². The summed E-state index contributed by atoms with van der Waals surface area (Å²) < 4.78 is 29.0. The third-order valence-electron chi connectivity index (χ3n) is 4.55. The fraction of sp³-hybridized carbons (Fsp3) is 0.250. The van der Waals surface area contributed by atoms with Gasteiger partial charge in [0.2, 0.25) is 0 Å². The lowest BCUT2D eigenvalue weighted by atomic mass is 10.1. The van der Waals surface area contributed by atoms with E-state index in [0.717, 1.165) is 11.1 Å². The first-order chi connectivity index (χ1) is 12.3. The first-order valence-electron chi connectivity index (χ1n) is 8.26. The number of methoxy groups -OCH3 is 1. The van der Waals surface area contributed by atoms with Crippen LogP contribution in [-0.2, 0) is 9.84 Å². The van der Waals surface area contributed by atoms with Gasteiger partial charge in [-0.1, -0.05) is 12.1 Å². The van der Waals surface area contributed by atoms with E-state index in [1.807, 2.05) is 32.0 Å². The molecular formula is C20H21NO4S. The SMILES string of the molecule is COc1cccc(C(=O)N(c2ccc(C)c(C)c2)[C@@H]2C=CS(=O)(=O)C2)c1. The van der Waals surface area contributed by atoms with Gasteiger partial charge in [-0.3, -0.25) is 4.79 Å². The minimum absolute atomic E-state index is 0.115. The third kappa shape index (κ3) is 3.65. The average molecular weight is 371 g/mol. The van der Waals surface area contributed by atoms with E-state index in [2.05, 4.69) is 0 Å². The van der Waals surface area contributed by atoms with Crippen LogP contribution in [0.2, 0.25) is 0 Å². The summed E-state index contributed by atoms with van der Waals surface area (Å²) in [4.78, 5) is 14.8. The van der Waals surface area contributed by atoms with Crippen molar-refractivity contribution in [2.75, 3.05) is 17.8 Å². The molecular weight excluding hydrogens is 350 g/mol. The highest BCUT2D eigenvalue weighted by Crippen LogP contribution is 2.27. The molecule has 1 heterocycles. The van der Waals surface area contributed by atoms with Crippen molar-refractivity contribution in [1.29, 1.82) is 0 Å². The predicted molar refractivity (Wildman–Crippen MR) is 102 cm³/mol. The molecule has 0 aliphatic carbocycles. The molecule has 2 aromatic carbocycles. The van der Waals surface area contributed by atoms with Crippen molar-refractivity contribution in [3.05, 3.63) is 70.6 Å². The van der Waals surface area contributed by atoms with Crippen LogP contribution in [-0.4, -0.2) is 33.2 Å². The van der Waals surface area contributed by atoms with Gasteiger partial charge in [0.05, 0.1) is 18.9 Å².